The molecule has 0 aliphatic heterocycles. The van der Waals surface area contributed by atoms with Gasteiger partial charge in [0.1, 0.15) is 5.56 Å². The Labute approximate surface area is 83.1 Å². The van der Waals surface area contributed by atoms with Gasteiger partial charge in [0, 0.05) is 12.4 Å². The number of aromatic hydroxyl groups is 1. The highest BCUT2D eigenvalue weighted by Gasteiger charge is 2.12. The van der Waals surface area contributed by atoms with Crippen LogP contribution in [0.1, 0.15) is 10.4 Å². The van der Waals surface area contributed by atoms with Crippen LogP contribution in [0, 0.1) is 0 Å². The fourth-order valence-electron chi connectivity index (χ4n) is 1.24. The molecule has 2 aromatic heterocycles. The summed E-state index contributed by atoms with van der Waals surface area (Å²) in [6, 6.07) is 2.79. The molecule has 0 spiro atoms. The zero-order valence-corrected chi connectivity index (χ0v) is 7.41. The second kappa shape index (κ2) is 3.09. The van der Waals surface area contributed by atoms with Gasteiger partial charge >= 0.3 is 5.97 Å². The van der Waals surface area contributed by atoms with Gasteiger partial charge < -0.3 is 10.2 Å². The summed E-state index contributed by atoms with van der Waals surface area (Å²) in [6.07, 6.45) is 2.27. The van der Waals surface area contributed by atoms with Gasteiger partial charge in [0.05, 0.1) is 0 Å². The number of rotatable bonds is 1. The van der Waals surface area contributed by atoms with Gasteiger partial charge in [-0.25, -0.2) is 9.78 Å². The van der Waals surface area contributed by atoms with Crippen molar-refractivity contribution in [3.05, 3.63) is 40.4 Å². The van der Waals surface area contributed by atoms with E-state index in [4.69, 9.17) is 5.11 Å². The average Bonchev–Trinajstić information content (AvgIpc) is 2.19. The number of nitrogens with zero attached hydrogens (tertiary/aromatic N) is 2. The molecule has 0 fully saturated rings. The third kappa shape index (κ3) is 1.32. The Bertz CT molecular complexity index is 603. The largest absolute Gasteiger partial charge is 0.504 e. The number of aromatic nitrogens is 2. The molecule has 0 saturated heterocycles. The molecule has 0 aromatic carbocycles. The van der Waals surface area contributed by atoms with E-state index in [0.29, 0.717) is 0 Å². The van der Waals surface area contributed by atoms with Crippen LogP contribution in [-0.2, 0) is 0 Å². The van der Waals surface area contributed by atoms with E-state index in [0.717, 1.165) is 10.6 Å². The minimum Gasteiger partial charge on any atom is -0.504 e. The number of carboxylic acids is 1. The minimum absolute atomic E-state index is 0.0347. The van der Waals surface area contributed by atoms with Gasteiger partial charge in [0.25, 0.3) is 5.56 Å². The lowest BCUT2D eigenvalue weighted by Crippen LogP contribution is -2.22. The quantitative estimate of drug-likeness (QED) is 0.690. The van der Waals surface area contributed by atoms with Gasteiger partial charge in [-0.05, 0) is 12.1 Å². The summed E-state index contributed by atoms with van der Waals surface area (Å²) in [5, 5.41) is 18.0. The first kappa shape index (κ1) is 9.20. The second-order valence-corrected chi connectivity index (χ2v) is 2.87. The molecule has 2 aromatic rings. The molecule has 0 amide bonds. The summed E-state index contributed by atoms with van der Waals surface area (Å²) in [5.74, 6) is -1.52. The van der Waals surface area contributed by atoms with Crippen molar-refractivity contribution >= 4 is 11.6 Å². The zero-order chi connectivity index (χ0) is 11.0. The van der Waals surface area contributed by atoms with E-state index in [1.54, 1.807) is 0 Å². The smallest absolute Gasteiger partial charge is 0.342 e. The van der Waals surface area contributed by atoms with Crippen LogP contribution in [0.25, 0.3) is 5.65 Å². The molecule has 6 nitrogen and oxygen atoms in total. The first-order valence-corrected chi connectivity index (χ1v) is 4.04. The van der Waals surface area contributed by atoms with Crippen molar-refractivity contribution in [3.63, 3.8) is 0 Å². The molecule has 0 unspecified atom stereocenters. The van der Waals surface area contributed by atoms with Crippen LogP contribution in [0.5, 0.6) is 5.75 Å². The van der Waals surface area contributed by atoms with Crippen molar-refractivity contribution in [2.45, 2.75) is 0 Å². The Balaban J connectivity index is 2.92. The lowest BCUT2D eigenvalue weighted by Gasteiger charge is -2.01. The van der Waals surface area contributed by atoms with E-state index in [1.165, 1.54) is 18.3 Å². The fourth-order valence-corrected chi connectivity index (χ4v) is 1.24. The van der Waals surface area contributed by atoms with Crippen molar-refractivity contribution in [1.29, 1.82) is 0 Å². The van der Waals surface area contributed by atoms with Gasteiger partial charge in [-0.1, -0.05) is 0 Å². The van der Waals surface area contributed by atoms with E-state index in [-0.39, 0.29) is 11.4 Å². The molecular formula is C9H6N2O4. The second-order valence-electron chi connectivity index (χ2n) is 2.87. The predicted octanol–water partition coefficient (Wildman–Crippen LogP) is 0.0983. The van der Waals surface area contributed by atoms with Gasteiger partial charge in [0.2, 0.25) is 0 Å². The molecule has 0 bridgehead atoms. The maximum Gasteiger partial charge on any atom is 0.342 e. The Hall–Kier alpha value is -2.37. The van der Waals surface area contributed by atoms with E-state index in [9.17, 15) is 14.7 Å². The third-order valence-electron chi connectivity index (χ3n) is 1.94. The van der Waals surface area contributed by atoms with Crippen LogP contribution in [0.3, 0.4) is 0 Å². The Morgan fingerprint density at radius 2 is 2.20 bits per heavy atom. The molecule has 0 atom stereocenters. The van der Waals surface area contributed by atoms with Crippen LogP contribution in [0.2, 0.25) is 0 Å². The number of aromatic carboxylic acids is 1. The van der Waals surface area contributed by atoms with Crippen molar-refractivity contribution in [2.24, 2.45) is 0 Å². The average molecular weight is 206 g/mol. The standard InChI is InChI=1S/C9H6N2O4/c12-6-2-1-3-11-7(6)10-4-5(8(11)13)9(14)15/h1-4,12H,(H,14,15). The highest BCUT2D eigenvalue weighted by atomic mass is 16.4. The lowest BCUT2D eigenvalue weighted by molar-refractivity contribution is 0.0694. The molecule has 15 heavy (non-hydrogen) atoms. The normalized spacial score (nSPS) is 10.4. The molecule has 76 valence electrons. The molecule has 0 aliphatic carbocycles. The van der Waals surface area contributed by atoms with Crippen LogP contribution < -0.4 is 5.56 Å². The Kier molecular flexibility index (Phi) is 1.89. The number of hydrogen-bond acceptors (Lipinski definition) is 4. The predicted molar refractivity (Wildman–Crippen MR) is 50.1 cm³/mol. The number of fused-ring (bicyclic) bond motifs is 1. The maximum absolute atomic E-state index is 11.6. The topological polar surface area (TPSA) is 91.9 Å². The van der Waals surface area contributed by atoms with Crippen LogP contribution in [0.4, 0.5) is 0 Å². The Morgan fingerprint density at radius 3 is 2.87 bits per heavy atom. The Morgan fingerprint density at radius 1 is 1.47 bits per heavy atom. The number of carbonyl (C=O) groups is 1. The molecule has 2 heterocycles. The molecule has 6 heteroatoms. The summed E-state index contributed by atoms with van der Waals surface area (Å²) in [5.41, 5.74) is -1.12. The summed E-state index contributed by atoms with van der Waals surface area (Å²) >= 11 is 0. The first-order chi connectivity index (χ1) is 7.11. The fraction of sp³-hybridized carbons (Fsp3) is 0. The number of pyridine rings is 1. The van der Waals surface area contributed by atoms with Gasteiger partial charge in [-0.15, -0.1) is 0 Å². The van der Waals surface area contributed by atoms with Gasteiger partial charge in [-0.3, -0.25) is 9.20 Å². The van der Waals surface area contributed by atoms with Gasteiger partial charge in [-0.2, -0.15) is 0 Å². The van der Waals surface area contributed by atoms with E-state index in [1.807, 2.05) is 0 Å². The van der Waals surface area contributed by atoms with E-state index >= 15 is 0 Å². The van der Waals surface area contributed by atoms with Crippen molar-refractivity contribution in [3.8, 4) is 5.75 Å². The highest BCUT2D eigenvalue weighted by Crippen LogP contribution is 2.12. The summed E-state index contributed by atoms with van der Waals surface area (Å²) in [4.78, 5) is 25.9. The van der Waals surface area contributed by atoms with E-state index in [2.05, 4.69) is 4.98 Å². The van der Waals surface area contributed by atoms with Crippen molar-refractivity contribution in [1.82, 2.24) is 9.38 Å². The molecular weight excluding hydrogens is 200 g/mol. The van der Waals surface area contributed by atoms with Gasteiger partial charge in [0.15, 0.2) is 11.4 Å². The van der Waals surface area contributed by atoms with E-state index < -0.39 is 17.1 Å². The summed E-state index contributed by atoms with van der Waals surface area (Å²) in [7, 11) is 0. The zero-order valence-electron chi connectivity index (χ0n) is 7.41. The van der Waals surface area contributed by atoms with Crippen molar-refractivity contribution in [2.75, 3.05) is 0 Å². The summed E-state index contributed by atoms with van der Waals surface area (Å²) < 4.78 is 0.985. The third-order valence-corrected chi connectivity index (χ3v) is 1.94. The monoisotopic (exact) mass is 206 g/mol. The molecule has 2 N–H and O–H groups in total. The number of carboxylic acid groups (broad SMARTS) is 1. The van der Waals surface area contributed by atoms with Crippen LogP contribution in [0.15, 0.2) is 29.3 Å². The maximum atomic E-state index is 11.6. The van der Waals surface area contributed by atoms with Crippen LogP contribution in [-0.4, -0.2) is 25.6 Å². The molecule has 0 radical (unpaired) electrons. The number of hydrogen-bond donors (Lipinski definition) is 2. The van der Waals surface area contributed by atoms with Crippen LogP contribution >= 0.6 is 0 Å². The minimum atomic E-state index is -1.34. The first-order valence-electron chi connectivity index (χ1n) is 4.04. The highest BCUT2D eigenvalue weighted by molar-refractivity contribution is 5.87. The molecule has 0 saturated carbocycles. The SMILES string of the molecule is O=C(O)c1cnc2c(O)cccn2c1=O. The molecule has 0 aliphatic rings. The summed E-state index contributed by atoms with van der Waals surface area (Å²) in [6.45, 7) is 0. The molecule has 2 rings (SSSR count). The lowest BCUT2D eigenvalue weighted by atomic mass is 10.3. The van der Waals surface area contributed by atoms with Crippen molar-refractivity contribution < 1.29 is 15.0 Å².